The lowest BCUT2D eigenvalue weighted by molar-refractivity contribution is -0.274. The number of carbonyl (C=O) groups excluding carboxylic acids is 2. The number of alkyl halides is 3. The summed E-state index contributed by atoms with van der Waals surface area (Å²) >= 11 is 0. The summed E-state index contributed by atoms with van der Waals surface area (Å²) in [5.41, 5.74) is 0.257. The third-order valence-corrected chi connectivity index (χ3v) is 2.22. The summed E-state index contributed by atoms with van der Waals surface area (Å²) < 4.78 is 49.1. The Morgan fingerprint density at radius 3 is 2.14 bits per heavy atom. The minimum Gasteiger partial charge on any atom is -0.459 e. The van der Waals surface area contributed by atoms with Crippen molar-refractivity contribution in [3.63, 3.8) is 0 Å². The standard InChI is InChI=1S/C14H13F3O5/c1-9(2)12(18)20-7-8-21-13(19)10-3-5-11(6-4-10)22-14(15,16)17/h3-6H,1,7-8H2,2H3. The molecule has 0 spiro atoms. The van der Waals surface area contributed by atoms with Gasteiger partial charge in [-0.3, -0.25) is 0 Å². The smallest absolute Gasteiger partial charge is 0.459 e. The van der Waals surface area contributed by atoms with E-state index in [1.165, 1.54) is 6.92 Å². The van der Waals surface area contributed by atoms with E-state index in [0.29, 0.717) is 0 Å². The summed E-state index contributed by atoms with van der Waals surface area (Å²) in [4.78, 5) is 22.6. The monoisotopic (exact) mass is 318 g/mol. The zero-order valence-electron chi connectivity index (χ0n) is 11.6. The molecule has 0 aliphatic heterocycles. The summed E-state index contributed by atoms with van der Waals surface area (Å²) in [6.45, 7) is 4.52. The molecule has 0 unspecified atom stereocenters. The zero-order valence-corrected chi connectivity index (χ0v) is 11.6. The van der Waals surface area contributed by atoms with Crippen LogP contribution in [0.5, 0.6) is 5.75 Å². The fourth-order valence-corrected chi connectivity index (χ4v) is 1.27. The Balaban J connectivity index is 2.43. The fraction of sp³-hybridized carbons (Fsp3) is 0.286. The number of halogens is 3. The number of hydrogen-bond acceptors (Lipinski definition) is 5. The molecule has 22 heavy (non-hydrogen) atoms. The van der Waals surface area contributed by atoms with Gasteiger partial charge in [0, 0.05) is 5.57 Å². The summed E-state index contributed by atoms with van der Waals surface area (Å²) in [6, 6.07) is 4.24. The molecule has 0 radical (unpaired) electrons. The number of rotatable bonds is 6. The first-order valence-electron chi connectivity index (χ1n) is 6.04. The second-order valence-corrected chi connectivity index (χ2v) is 4.12. The zero-order chi connectivity index (χ0) is 16.8. The van der Waals surface area contributed by atoms with Crippen molar-refractivity contribution in [1.29, 1.82) is 0 Å². The SMILES string of the molecule is C=C(C)C(=O)OCCOC(=O)c1ccc(OC(F)(F)F)cc1. The van der Waals surface area contributed by atoms with Crippen molar-refractivity contribution in [1.82, 2.24) is 0 Å². The lowest BCUT2D eigenvalue weighted by Crippen LogP contribution is -2.17. The van der Waals surface area contributed by atoms with Crippen molar-refractivity contribution in [2.75, 3.05) is 13.2 Å². The first-order chi connectivity index (χ1) is 10.2. The van der Waals surface area contributed by atoms with E-state index in [4.69, 9.17) is 9.47 Å². The molecule has 1 rings (SSSR count). The highest BCUT2D eigenvalue weighted by Crippen LogP contribution is 2.22. The van der Waals surface area contributed by atoms with Gasteiger partial charge in [-0.1, -0.05) is 6.58 Å². The van der Waals surface area contributed by atoms with Gasteiger partial charge in [-0.25, -0.2) is 9.59 Å². The maximum Gasteiger partial charge on any atom is 0.573 e. The molecule has 0 amide bonds. The molecule has 0 atom stereocenters. The molecule has 0 saturated carbocycles. The molecule has 1 aromatic rings. The van der Waals surface area contributed by atoms with Gasteiger partial charge in [0.05, 0.1) is 5.56 Å². The molecule has 0 bridgehead atoms. The number of ether oxygens (including phenoxy) is 3. The normalized spacial score (nSPS) is 10.7. The number of esters is 2. The van der Waals surface area contributed by atoms with Crippen LogP contribution in [-0.2, 0) is 14.3 Å². The van der Waals surface area contributed by atoms with E-state index in [0.717, 1.165) is 24.3 Å². The van der Waals surface area contributed by atoms with Crippen molar-refractivity contribution in [2.45, 2.75) is 13.3 Å². The average molecular weight is 318 g/mol. The van der Waals surface area contributed by atoms with Crippen LogP contribution in [0.3, 0.4) is 0 Å². The lowest BCUT2D eigenvalue weighted by Gasteiger charge is -2.09. The molecular weight excluding hydrogens is 305 g/mol. The van der Waals surface area contributed by atoms with Gasteiger partial charge < -0.3 is 14.2 Å². The molecule has 120 valence electrons. The molecule has 5 nitrogen and oxygen atoms in total. The Morgan fingerprint density at radius 1 is 1.09 bits per heavy atom. The predicted molar refractivity (Wildman–Crippen MR) is 69.2 cm³/mol. The molecule has 0 fully saturated rings. The van der Waals surface area contributed by atoms with Gasteiger partial charge >= 0.3 is 18.3 Å². The molecule has 0 heterocycles. The van der Waals surface area contributed by atoms with Crippen LogP contribution in [0.1, 0.15) is 17.3 Å². The minimum atomic E-state index is -4.80. The van der Waals surface area contributed by atoms with Gasteiger partial charge in [-0.15, -0.1) is 13.2 Å². The van der Waals surface area contributed by atoms with Gasteiger partial charge in [-0.05, 0) is 31.2 Å². The van der Waals surface area contributed by atoms with E-state index in [9.17, 15) is 22.8 Å². The molecule has 1 aromatic carbocycles. The number of carbonyl (C=O) groups is 2. The molecule has 8 heteroatoms. The van der Waals surface area contributed by atoms with Gasteiger partial charge in [0.25, 0.3) is 0 Å². The van der Waals surface area contributed by atoms with Crippen LogP contribution in [0.25, 0.3) is 0 Å². The second kappa shape index (κ2) is 7.48. The second-order valence-electron chi connectivity index (χ2n) is 4.12. The Morgan fingerprint density at radius 2 is 1.64 bits per heavy atom. The molecule has 0 N–H and O–H groups in total. The summed E-state index contributed by atoms with van der Waals surface area (Å²) in [5.74, 6) is -1.81. The van der Waals surface area contributed by atoms with E-state index in [1.807, 2.05) is 0 Å². The first-order valence-corrected chi connectivity index (χ1v) is 6.04. The van der Waals surface area contributed by atoms with Crippen LogP contribution in [0.4, 0.5) is 13.2 Å². The summed E-state index contributed by atoms with van der Waals surface area (Å²) in [5, 5.41) is 0. The summed E-state index contributed by atoms with van der Waals surface area (Å²) in [7, 11) is 0. The Hall–Kier alpha value is -2.51. The van der Waals surface area contributed by atoms with Crippen molar-refractivity contribution in [3.8, 4) is 5.75 Å². The van der Waals surface area contributed by atoms with Crippen LogP contribution in [0.15, 0.2) is 36.4 Å². The fourth-order valence-electron chi connectivity index (χ4n) is 1.27. The Bertz CT molecular complexity index is 549. The van der Waals surface area contributed by atoms with Gasteiger partial charge in [-0.2, -0.15) is 0 Å². The lowest BCUT2D eigenvalue weighted by atomic mass is 10.2. The molecule has 0 aliphatic carbocycles. The quantitative estimate of drug-likeness (QED) is 0.458. The minimum absolute atomic E-state index is 0.0424. The predicted octanol–water partition coefficient (Wildman–Crippen LogP) is 2.86. The molecule has 0 aliphatic rings. The Labute approximate surface area is 124 Å². The highest BCUT2D eigenvalue weighted by Gasteiger charge is 2.31. The van der Waals surface area contributed by atoms with Crippen LogP contribution in [0, 0.1) is 0 Å². The van der Waals surface area contributed by atoms with E-state index in [-0.39, 0.29) is 24.4 Å². The van der Waals surface area contributed by atoms with Crippen LogP contribution < -0.4 is 4.74 Å². The van der Waals surface area contributed by atoms with Crippen LogP contribution in [0.2, 0.25) is 0 Å². The van der Waals surface area contributed by atoms with E-state index in [1.54, 1.807) is 0 Å². The van der Waals surface area contributed by atoms with Gasteiger partial charge in [0.2, 0.25) is 0 Å². The maximum atomic E-state index is 12.0. The molecule has 0 saturated heterocycles. The van der Waals surface area contributed by atoms with Crippen molar-refractivity contribution >= 4 is 11.9 Å². The molecular formula is C14H13F3O5. The largest absolute Gasteiger partial charge is 0.573 e. The Kier molecular flexibility index (Phi) is 5.97. The first kappa shape index (κ1) is 17.5. The van der Waals surface area contributed by atoms with E-state index < -0.39 is 24.1 Å². The van der Waals surface area contributed by atoms with Crippen molar-refractivity contribution < 1.29 is 37.0 Å². The third-order valence-electron chi connectivity index (χ3n) is 2.22. The summed E-state index contributed by atoms with van der Waals surface area (Å²) in [6.07, 6.45) is -4.80. The van der Waals surface area contributed by atoms with Crippen molar-refractivity contribution in [2.24, 2.45) is 0 Å². The van der Waals surface area contributed by atoms with Crippen LogP contribution >= 0.6 is 0 Å². The van der Waals surface area contributed by atoms with E-state index in [2.05, 4.69) is 11.3 Å². The highest BCUT2D eigenvalue weighted by molar-refractivity contribution is 5.89. The maximum absolute atomic E-state index is 12.0. The molecule has 0 aromatic heterocycles. The van der Waals surface area contributed by atoms with E-state index >= 15 is 0 Å². The van der Waals surface area contributed by atoms with Crippen molar-refractivity contribution in [3.05, 3.63) is 42.0 Å². The third kappa shape index (κ3) is 6.29. The topological polar surface area (TPSA) is 61.8 Å². The number of hydrogen-bond donors (Lipinski definition) is 0. The van der Waals surface area contributed by atoms with Gasteiger partial charge in [0.1, 0.15) is 19.0 Å². The number of benzene rings is 1. The average Bonchev–Trinajstić information content (AvgIpc) is 2.42. The van der Waals surface area contributed by atoms with Gasteiger partial charge in [0.15, 0.2) is 0 Å². The highest BCUT2D eigenvalue weighted by atomic mass is 19.4. The van der Waals surface area contributed by atoms with Crippen LogP contribution in [-0.4, -0.2) is 31.5 Å².